The number of nitrogens with zero attached hydrogens (tertiary/aromatic N) is 2. The van der Waals surface area contributed by atoms with Crippen molar-refractivity contribution >= 4 is 24.7 Å². The summed E-state index contributed by atoms with van der Waals surface area (Å²) in [7, 11) is 1.37. The number of methoxy groups -OCH3 is 1. The van der Waals surface area contributed by atoms with Crippen molar-refractivity contribution in [2.75, 3.05) is 26.4 Å². The summed E-state index contributed by atoms with van der Waals surface area (Å²) in [6.45, 7) is 1.81. The SMILES string of the molecule is COCC1CCCN1/N=C/CP(c1ccccc1)c1ccccc1. The van der Waals surface area contributed by atoms with E-state index in [4.69, 9.17) is 9.84 Å². The van der Waals surface area contributed by atoms with Crippen molar-refractivity contribution in [1.29, 1.82) is 0 Å². The van der Waals surface area contributed by atoms with Gasteiger partial charge in [0, 0.05) is 26.0 Å². The average Bonchev–Trinajstić information content (AvgIpc) is 3.08. The molecule has 0 aliphatic carbocycles. The summed E-state index contributed by atoms with van der Waals surface area (Å²) in [5, 5.41) is 9.77. The Morgan fingerprint density at radius 1 is 1.08 bits per heavy atom. The number of rotatable bonds is 7. The summed E-state index contributed by atoms with van der Waals surface area (Å²) in [6, 6.07) is 22.0. The first-order valence-electron chi connectivity index (χ1n) is 8.54. The Morgan fingerprint density at radius 2 is 1.71 bits per heavy atom. The quantitative estimate of drug-likeness (QED) is 0.571. The summed E-state index contributed by atoms with van der Waals surface area (Å²) >= 11 is 0. The minimum Gasteiger partial charge on any atom is -0.382 e. The van der Waals surface area contributed by atoms with Crippen LogP contribution in [0.15, 0.2) is 65.8 Å². The molecule has 24 heavy (non-hydrogen) atoms. The van der Waals surface area contributed by atoms with Crippen LogP contribution >= 0.6 is 7.92 Å². The fourth-order valence-corrected chi connectivity index (χ4v) is 5.15. The van der Waals surface area contributed by atoms with Gasteiger partial charge in [-0.2, -0.15) is 5.10 Å². The zero-order valence-corrected chi connectivity index (χ0v) is 15.1. The van der Waals surface area contributed by atoms with Gasteiger partial charge in [-0.15, -0.1) is 0 Å². The molecule has 0 bridgehead atoms. The Morgan fingerprint density at radius 3 is 2.29 bits per heavy atom. The fourth-order valence-electron chi connectivity index (χ4n) is 3.13. The lowest BCUT2D eigenvalue weighted by Gasteiger charge is -2.21. The smallest absolute Gasteiger partial charge is 0.0704 e. The van der Waals surface area contributed by atoms with E-state index in [-0.39, 0.29) is 0 Å². The lowest BCUT2D eigenvalue weighted by molar-refractivity contribution is 0.118. The Balaban J connectivity index is 1.72. The van der Waals surface area contributed by atoms with E-state index >= 15 is 0 Å². The van der Waals surface area contributed by atoms with Crippen LogP contribution in [-0.2, 0) is 4.74 Å². The third-order valence-electron chi connectivity index (χ3n) is 4.34. The molecule has 1 fully saturated rings. The van der Waals surface area contributed by atoms with Gasteiger partial charge < -0.3 is 4.74 Å². The van der Waals surface area contributed by atoms with Crippen molar-refractivity contribution in [3.63, 3.8) is 0 Å². The van der Waals surface area contributed by atoms with E-state index in [1.807, 2.05) is 0 Å². The molecule has 4 heteroatoms. The molecule has 0 N–H and O–H groups in total. The summed E-state index contributed by atoms with van der Waals surface area (Å²) < 4.78 is 5.31. The van der Waals surface area contributed by atoms with Crippen LogP contribution in [-0.4, -0.2) is 43.7 Å². The van der Waals surface area contributed by atoms with Crippen LogP contribution in [0.2, 0.25) is 0 Å². The van der Waals surface area contributed by atoms with Crippen molar-refractivity contribution in [3.8, 4) is 0 Å². The van der Waals surface area contributed by atoms with Crippen LogP contribution in [0.25, 0.3) is 0 Å². The normalized spacial score (nSPS) is 17.9. The predicted octanol–water partition coefficient (Wildman–Crippen LogP) is 3.22. The number of hydrazone groups is 1. The topological polar surface area (TPSA) is 24.8 Å². The van der Waals surface area contributed by atoms with Crippen LogP contribution in [0, 0.1) is 0 Å². The number of hydrogen-bond acceptors (Lipinski definition) is 3. The summed E-state index contributed by atoms with van der Waals surface area (Å²) in [5.41, 5.74) is 0. The first-order chi connectivity index (χ1) is 11.9. The molecule has 0 amide bonds. The summed E-state index contributed by atoms with van der Waals surface area (Å²) in [6.07, 6.45) is 5.47. The molecule has 126 valence electrons. The maximum Gasteiger partial charge on any atom is 0.0704 e. The van der Waals surface area contributed by atoms with Crippen LogP contribution in [0.4, 0.5) is 0 Å². The van der Waals surface area contributed by atoms with Gasteiger partial charge in [-0.3, -0.25) is 5.01 Å². The third-order valence-corrected chi connectivity index (χ3v) is 6.71. The zero-order chi connectivity index (χ0) is 16.6. The highest BCUT2D eigenvalue weighted by atomic mass is 31.1. The van der Waals surface area contributed by atoms with Crippen LogP contribution in [0.5, 0.6) is 0 Å². The van der Waals surface area contributed by atoms with Crippen molar-refractivity contribution in [2.24, 2.45) is 5.10 Å². The van der Waals surface area contributed by atoms with E-state index in [0.717, 1.165) is 19.3 Å². The molecule has 1 aliphatic rings. The molecule has 3 nitrogen and oxygen atoms in total. The highest BCUT2D eigenvalue weighted by Gasteiger charge is 2.22. The number of benzene rings is 2. The van der Waals surface area contributed by atoms with Gasteiger partial charge in [0.1, 0.15) is 0 Å². The maximum absolute atomic E-state index is 5.31. The van der Waals surface area contributed by atoms with Gasteiger partial charge in [0.2, 0.25) is 0 Å². The Kier molecular flexibility index (Phi) is 6.40. The summed E-state index contributed by atoms with van der Waals surface area (Å²) in [4.78, 5) is 0. The standard InChI is InChI=1S/C20H25N2OP/c1-23-17-18-9-8-15-22(18)21-14-16-24(19-10-4-2-5-11-19)20-12-6-3-7-13-20/h2-7,10-14,18H,8-9,15-17H2,1H3/b21-14+. The molecule has 0 spiro atoms. The largest absolute Gasteiger partial charge is 0.382 e. The molecule has 1 heterocycles. The summed E-state index contributed by atoms with van der Waals surface area (Å²) in [5.74, 6) is 0. The molecule has 0 aromatic heterocycles. The van der Waals surface area contributed by atoms with Gasteiger partial charge in [0.05, 0.1) is 12.6 Å². The maximum atomic E-state index is 5.31. The molecule has 2 aromatic rings. The molecule has 0 radical (unpaired) electrons. The van der Waals surface area contributed by atoms with Crippen LogP contribution < -0.4 is 10.6 Å². The van der Waals surface area contributed by atoms with E-state index in [1.165, 1.54) is 23.5 Å². The number of hydrogen-bond donors (Lipinski definition) is 0. The van der Waals surface area contributed by atoms with Crippen LogP contribution in [0.3, 0.4) is 0 Å². The second kappa shape index (κ2) is 8.96. The Hall–Kier alpha value is -1.70. The first kappa shape index (κ1) is 17.1. The van der Waals surface area contributed by atoms with Gasteiger partial charge in [0.25, 0.3) is 0 Å². The van der Waals surface area contributed by atoms with Crippen molar-refractivity contribution < 1.29 is 4.74 Å². The minimum absolute atomic E-state index is 0.401. The molecule has 1 atom stereocenters. The van der Waals surface area contributed by atoms with Gasteiger partial charge in [-0.05, 0) is 31.4 Å². The molecular formula is C20H25N2OP. The minimum atomic E-state index is -0.401. The van der Waals surface area contributed by atoms with Gasteiger partial charge in [-0.25, -0.2) is 0 Å². The molecule has 0 saturated carbocycles. The molecule has 3 rings (SSSR count). The van der Waals surface area contributed by atoms with E-state index in [9.17, 15) is 0 Å². The van der Waals surface area contributed by atoms with Gasteiger partial charge >= 0.3 is 0 Å². The average molecular weight is 340 g/mol. The molecule has 1 aliphatic heterocycles. The lowest BCUT2D eigenvalue weighted by Crippen LogP contribution is -2.28. The fraction of sp³-hybridized carbons (Fsp3) is 0.350. The lowest BCUT2D eigenvalue weighted by atomic mass is 10.2. The zero-order valence-electron chi connectivity index (χ0n) is 14.2. The van der Waals surface area contributed by atoms with E-state index in [1.54, 1.807) is 7.11 Å². The van der Waals surface area contributed by atoms with E-state index in [2.05, 4.69) is 71.9 Å². The van der Waals surface area contributed by atoms with E-state index in [0.29, 0.717) is 6.04 Å². The third kappa shape index (κ3) is 4.43. The second-order valence-corrected chi connectivity index (χ2v) is 8.25. The number of ether oxygens (including phenoxy) is 1. The molecular weight excluding hydrogens is 315 g/mol. The Labute approximate surface area is 146 Å². The second-order valence-electron chi connectivity index (χ2n) is 5.99. The Bertz CT molecular complexity index is 593. The molecule has 2 aromatic carbocycles. The molecule has 1 unspecified atom stereocenters. The van der Waals surface area contributed by atoms with Crippen molar-refractivity contribution in [1.82, 2.24) is 5.01 Å². The highest BCUT2D eigenvalue weighted by molar-refractivity contribution is 7.73. The van der Waals surface area contributed by atoms with Crippen LogP contribution in [0.1, 0.15) is 12.8 Å². The van der Waals surface area contributed by atoms with Gasteiger partial charge in [0.15, 0.2) is 0 Å². The predicted molar refractivity (Wildman–Crippen MR) is 104 cm³/mol. The molecule has 1 saturated heterocycles. The highest BCUT2D eigenvalue weighted by Crippen LogP contribution is 2.32. The monoisotopic (exact) mass is 340 g/mol. The van der Waals surface area contributed by atoms with Gasteiger partial charge in [-0.1, -0.05) is 60.7 Å². The first-order valence-corrected chi connectivity index (χ1v) is 10.1. The van der Waals surface area contributed by atoms with Crippen molar-refractivity contribution in [2.45, 2.75) is 18.9 Å². The van der Waals surface area contributed by atoms with E-state index < -0.39 is 7.92 Å². The van der Waals surface area contributed by atoms with Crippen molar-refractivity contribution in [3.05, 3.63) is 60.7 Å².